The summed E-state index contributed by atoms with van der Waals surface area (Å²) in [6.07, 6.45) is 5.63. The van der Waals surface area contributed by atoms with Crippen molar-refractivity contribution >= 4 is 17.2 Å². The van der Waals surface area contributed by atoms with Crippen LogP contribution in [-0.2, 0) is 12.0 Å². The summed E-state index contributed by atoms with van der Waals surface area (Å²) < 4.78 is 16.0. The number of nitrogens with one attached hydrogen (secondary N) is 1. The summed E-state index contributed by atoms with van der Waals surface area (Å²) in [4.78, 5) is 6.66. The minimum Gasteiger partial charge on any atom is -0.381 e. The monoisotopic (exact) mass is 377 g/mol. The fourth-order valence-electron chi connectivity index (χ4n) is 4.39. The molecule has 0 unspecified atom stereocenters. The van der Waals surface area contributed by atoms with Gasteiger partial charge >= 0.3 is 0 Å². The topological polar surface area (TPSA) is 45.5 Å². The summed E-state index contributed by atoms with van der Waals surface area (Å²) in [5.41, 5.74) is 4.57. The molecule has 1 saturated carbocycles. The molecule has 6 heteroatoms. The van der Waals surface area contributed by atoms with Gasteiger partial charge in [0.25, 0.3) is 0 Å². The Balaban J connectivity index is 1.70. The fourth-order valence-corrected chi connectivity index (χ4v) is 4.39. The largest absolute Gasteiger partial charge is 0.381 e. The zero-order valence-corrected chi connectivity index (χ0v) is 16.2. The number of aromatic nitrogens is 3. The first-order valence-electron chi connectivity index (χ1n) is 9.81. The van der Waals surface area contributed by atoms with Gasteiger partial charge in [-0.3, -0.25) is 0 Å². The van der Waals surface area contributed by atoms with Gasteiger partial charge in [0.2, 0.25) is 0 Å². The molecule has 1 aromatic carbocycles. The molecule has 1 N–H and O–H groups in total. The number of rotatable bonds is 0. The van der Waals surface area contributed by atoms with E-state index in [2.05, 4.69) is 35.8 Å². The molecule has 2 aromatic heterocycles. The van der Waals surface area contributed by atoms with Crippen molar-refractivity contribution in [3.63, 3.8) is 0 Å². The molecule has 144 valence electrons. The molecule has 2 aliphatic rings. The number of nitrogens with zero attached hydrogens (tertiary/aromatic N) is 4. The molecule has 1 aliphatic carbocycles. The van der Waals surface area contributed by atoms with Crippen LogP contribution in [0.1, 0.15) is 43.0 Å². The lowest BCUT2D eigenvalue weighted by atomic mass is 9.93. The van der Waals surface area contributed by atoms with E-state index in [9.17, 15) is 4.39 Å². The van der Waals surface area contributed by atoms with E-state index in [1.807, 2.05) is 28.9 Å². The van der Waals surface area contributed by atoms with Crippen molar-refractivity contribution in [2.24, 2.45) is 0 Å². The molecule has 1 atom stereocenters. The third-order valence-corrected chi connectivity index (χ3v) is 6.21. The summed E-state index contributed by atoms with van der Waals surface area (Å²) in [6, 6.07) is 9.43. The number of halogens is 1. The van der Waals surface area contributed by atoms with Crippen LogP contribution in [0.25, 0.3) is 11.3 Å². The number of hydrogen-bond donors (Lipinski definition) is 1. The number of aryl methyl sites for hydroxylation is 1. The Morgan fingerprint density at radius 1 is 1.25 bits per heavy atom. The Morgan fingerprint density at radius 2 is 2.07 bits per heavy atom. The molecule has 1 aliphatic heterocycles. The maximum Gasteiger partial charge on any atom is 0.154 e. The third-order valence-electron chi connectivity index (χ3n) is 6.21. The number of anilines is 1. The molecule has 5 nitrogen and oxygen atoms in total. The maximum atomic E-state index is 14.2. The van der Waals surface area contributed by atoms with Crippen molar-refractivity contribution in [2.75, 3.05) is 11.9 Å². The number of imidazole rings is 1. The fraction of sp³-hybridized carbons (Fsp3) is 0.364. The van der Waals surface area contributed by atoms with Crippen molar-refractivity contribution in [2.45, 2.75) is 44.2 Å². The van der Waals surface area contributed by atoms with Gasteiger partial charge in [0.05, 0.1) is 17.4 Å². The van der Waals surface area contributed by atoms with Gasteiger partial charge in [-0.25, -0.2) is 13.9 Å². The molecule has 3 aromatic rings. The molecule has 0 amide bonds. The molecule has 2 bridgehead atoms. The van der Waals surface area contributed by atoms with E-state index in [4.69, 9.17) is 5.10 Å². The van der Waals surface area contributed by atoms with Crippen LogP contribution >= 0.6 is 0 Å². The zero-order valence-electron chi connectivity index (χ0n) is 16.2. The Bertz CT molecular complexity index is 1080. The van der Waals surface area contributed by atoms with Crippen LogP contribution in [-0.4, -0.2) is 27.7 Å². The molecule has 5 rings (SSSR count). The molecule has 1 fully saturated rings. The standard InChI is InChI=1S/C22H24FN5/c1-14-4-5-16-6-7-17(23)12-18(16)22(10-11-22)27(3)21-9-8-20-24-13-19(15(2)25-14)28(20)26-21/h6-9,12-14,25H,2,4-5,10-11H2,1,3H3/t14-/m1/s1. The van der Waals surface area contributed by atoms with Crippen LogP contribution < -0.4 is 10.2 Å². The first-order valence-corrected chi connectivity index (χ1v) is 9.81. The normalized spacial score (nSPS) is 21.0. The number of fused-ring (bicyclic) bond motifs is 3. The van der Waals surface area contributed by atoms with E-state index in [1.165, 1.54) is 5.56 Å². The van der Waals surface area contributed by atoms with Crippen LogP contribution in [0.5, 0.6) is 0 Å². The lowest BCUT2D eigenvalue weighted by molar-refractivity contribution is 0.580. The molecule has 3 heterocycles. The van der Waals surface area contributed by atoms with Crippen molar-refractivity contribution in [1.82, 2.24) is 19.9 Å². The van der Waals surface area contributed by atoms with Gasteiger partial charge in [0.15, 0.2) is 5.65 Å². The lowest BCUT2D eigenvalue weighted by Gasteiger charge is -2.31. The predicted molar refractivity (Wildman–Crippen MR) is 109 cm³/mol. The van der Waals surface area contributed by atoms with E-state index < -0.39 is 0 Å². The van der Waals surface area contributed by atoms with Crippen LogP contribution in [0.4, 0.5) is 10.2 Å². The van der Waals surface area contributed by atoms with E-state index in [0.717, 1.165) is 54.1 Å². The second-order valence-corrected chi connectivity index (χ2v) is 8.06. The minimum absolute atomic E-state index is 0.178. The highest BCUT2D eigenvalue weighted by atomic mass is 19.1. The Labute approximate surface area is 163 Å². The summed E-state index contributed by atoms with van der Waals surface area (Å²) in [6.45, 7) is 6.36. The highest BCUT2D eigenvalue weighted by Gasteiger charge is 2.50. The van der Waals surface area contributed by atoms with Crippen LogP contribution in [0.15, 0.2) is 43.1 Å². The summed E-state index contributed by atoms with van der Waals surface area (Å²) >= 11 is 0. The Morgan fingerprint density at radius 3 is 2.86 bits per heavy atom. The molecule has 0 saturated heterocycles. The average Bonchev–Trinajstić information content (AvgIpc) is 3.38. The second kappa shape index (κ2) is 6.06. The van der Waals surface area contributed by atoms with Crippen LogP contribution in [0.2, 0.25) is 0 Å². The van der Waals surface area contributed by atoms with E-state index >= 15 is 0 Å². The van der Waals surface area contributed by atoms with Gasteiger partial charge in [-0.05, 0) is 68.0 Å². The quantitative estimate of drug-likeness (QED) is 0.646. The molecule has 0 radical (unpaired) electrons. The van der Waals surface area contributed by atoms with Crippen molar-refractivity contribution in [3.05, 3.63) is 65.7 Å². The van der Waals surface area contributed by atoms with Gasteiger partial charge in [-0.15, -0.1) is 5.10 Å². The van der Waals surface area contributed by atoms with Gasteiger partial charge in [0, 0.05) is 13.1 Å². The minimum atomic E-state index is -0.194. The van der Waals surface area contributed by atoms with E-state index in [0.29, 0.717) is 0 Å². The van der Waals surface area contributed by atoms with Gasteiger partial charge in [-0.1, -0.05) is 12.6 Å². The zero-order chi connectivity index (χ0) is 19.5. The van der Waals surface area contributed by atoms with Crippen LogP contribution in [0.3, 0.4) is 0 Å². The van der Waals surface area contributed by atoms with E-state index in [-0.39, 0.29) is 17.4 Å². The smallest absolute Gasteiger partial charge is 0.154 e. The van der Waals surface area contributed by atoms with Gasteiger partial charge in [-0.2, -0.15) is 0 Å². The molecular formula is C22H24FN5. The molecular weight excluding hydrogens is 353 g/mol. The van der Waals surface area contributed by atoms with Crippen molar-refractivity contribution in [1.29, 1.82) is 0 Å². The Kier molecular flexibility index (Phi) is 3.73. The highest BCUT2D eigenvalue weighted by Crippen LogP contribution is 2.53. The summed E-state index contributed by atoms with van der Waals surface area (Å²) in [5.74, 6) is 0.669. The van der Waals surface area contributed by atoms with Crippen molar-refractivity contribution in [3.8, 4) is 0 Å². The predicted octanol–water partition coefficient (Wildman–Crippen LogP) is 3.89. The second-order valence-electron chi connectivity index (χ2n) is 8.06. The molecule has 1 spiro atoms. The first-order chi connectivity index (χ1) is 13.5. The number of hydrogen-bond acceptors (Lipinski definition) is 4. The SMILES string of the molecule is C=C1N[C@H](C)CCc2ccc(F)cc2C2(CC2)N(C)c2ccc3ncc1n3n2. The average molecular weight is 377 g/mol. The lowest BCUT2D eigenvalue weighted by Crippen LogP contribution is -2.33. The molecule has 28 heavy (non-hydrogen) atoms. The van der Waals surface area contributed by atoms with Gasteiger partial charge < -0.3 is 10.2 Å². The summed E-state index contributed by atoms with van der Waals surface area (Å²) in [7, 11) is 2.06. The number of benzene rings is 1. The highest BCUT2D eigenvalue weighted by molar-refractivity contribution is 5.63. The van der Waals surface area contributed by atoms with Crippen LogP contribution in [0, 0.1) is 5.82 Å². The Hall–Kier alpha value is -2.89. The van der Waals surface area contributed by atoms with Gasteiger partial charge in [0.1, 0.15) is 17.3 Å². The maximum absolute atomic E-state index is 14.2. The first kappa shape index (κ1) is 17.2. The van der Waals surface area contributed by atoms with Crippen molar-refractivity contribution < 1.29 is 4.39 Å². The van der Waals surface area contributed by atoms with E-state index in [1.54, 1.807) is 12.1 Å². The summed E-state index contributed by atoms with van der Waals surface area (Å²) in [5, 5.41) is 8.33. The third kappa shape index (κ3) is 2.58.